The lowest BCUT2D eigenvalue weighted by Gasteiger charge is -2.23. The minimum absolute atomic E-state index is 0.00881. The van der Waals surface area contributed by atoms with Gasteiger partial charge in [-0.25, -0.2) is 0 Å². The van der Waals surface area contributed by atoms with Gasteiger partial charge in [-0.1, -0.05) is 0 Å². The van der Waals surface area contributed by atoms with Crippen LogP contribution in [0.4, 0.5) is 5.69 Å². The van der Waals surface area contributed by atoms with E-state index in [1.807, 2.05) is 4.90 Å². The molecule has 1 rings (SSSR count). The van der Waals surface area contributed by atoms with Crippen LogP contribution in [-0.2, 0) is 6.54 Å². The molecule has 0 amide bonds. The predicted molar refractivity (Wildman–Crippen MR) is 85.9 cm³/mol. The standard InChI is InChI=1S/C11H15Br3N2O4/c1-15(3-4-17)5-6-7(12)10(16(2,19)20)9(14)11(18)8(6)13/h17,19-20H,3-5H2,1-2H3/p+1. The molecular formula is C11H16Br3N2O4+. The molecule has 0 atom stereocenters. The second kappa shape index (κ2) is 7.01. The molecule has 1 aromatic carbocycles. The number of aromatic hydroxyl groups is 1. The third-order valence-electron chi connectivity index (χ3n) is 2.69. The largest absolute Gasteiger partial charge is 0.505 e. The fraction of sp³-hybridized carbons (Fsp3) is 0.455. The molecule has 20 heavy (non-hydrogen) atoms. The van der Waals surface area contributed by atoms with Crippen molar-refractivity contribution in [3.8, 4) is 5.75 Å². The lowest BCUT2D eigenvalue weighted by atomic mass is 10.1. The Morgan fingerprint density at radius 2 is 1.65 bits per heavy atom. The lowest BCUT2D eigenvalue weighted by Crippen LogP contribution is -2.37. The van der Waals surface area contributed by atoms with Crippen LogP contribution >= 0.6 is 47.8 Å². The van der Waals surface area contributed by atoms with Crippen molar-refractivity contribution in [3.05, 3.63) is 19.0 Å². The van der Waals surface area contributed by atoms with Crippen LogP contribution in [0.15, 0.2) is 13.4 Å². The number of hydrogen-bond donors (Lipinski definition) is 4. The molecule has 0 heterocycles. The fourth-order valence-corrected chi connectivity index (χ4v) is 4.63. The van der Waals surface area contributed by atoms with Crippen LogP contribution in [0, 0.1) is 0 Å². The SMILES string of the molecule is CN(CCO)Cc1c(Br)c(O)c(Br)c([N+](C)(O)O)c1Br. The van der Waals surface area contributed by atoms with Crippen molar-refractivity contribution in [1.29, 1.82) is 0 Å². The Kier molecular flexibility index (Phi) is 6.42. The number of aliphatic hydroxyl groups is 1. The molecule has 0 aliphatic heterocycles. The Labute approximate surface area is 142 Å². The Balaban J connectivity index is 3.42. The maximum absolute atomic E-state index is 10.1. The summed E-state index contributed by atoms with van der Waals surface area (Å²) < 4.78 is 1.07. The van der Waals surface area contributed by atoms with Crippen LogP contribution in [0.5, 0.6) is 5.75 Å². The molecule has 0 aliphatic carbocycles. The monoisotopic (exact) mass is 477 g/mol. The van der Waals surface area contributed by atoms with Gasteiger partial charge in [0.05, 0.1) is 15.6 Å². The zero-order valence-electron chi connectivity index (χ0n) is 10.9. The minimum Gasteiger partial charge on any atom is -0.505 e. The maximum atomic E-state index is 10.1. The van der Waals surface area contributed by atoms with Crippen LogP contribution in [0.2, 0.25) is 0 Å². The first-order valence-electron chi connectivity index (χ1n) is 5.61. The Morgan fingerprint density at radius 3 is 2.10 bits per heavy atom. The van der Waals surface area contributed by atoms with E-state index in [9.17, 15) is 15.5 Å². The molecule has 0 spiro atoms. The van der Waals surface area contributed by atoms with Crippen molar-refractivity contribution in [2.24, 2.45) is 0 Å². The summed E-state index contributed by atoms with van der Waals surface area (Å²) in [5.74, 6) is -0.122. The van der Waals surface area contributed by atoms with Crippen molar-refractivity contribution in [1.82, 2.24) is 9.71 Å². The average Bonchev–Trinajstić information content (AvgIpc) is 2.31. The van der Waals surface area contributed by atoms with Crippen molar-refractivity contribution in [3.63, 3.8) is 0 Å². The number of quaternary nitrogens is 1. The molecule has 0 radical (unpaired) electrons. The molecule has 1 aromatic rings. The Morgan fingerprint density at radius 1 is 1.10 bits per heavy atom. The van der Waals surface area contributed by atoms with Gasteiger partial charge >= 0.3 is 0 Å². The highest BCUT2D eigenvalue weighted by molar-refractivity contribution is 9.11. The van der Waals surface area contributed by atoms with E-state index in [1.165, 1.54) is 0 Å². The molecule has 4 N–H and O–H groups in total. The normalized spacial score (nSPS) is 12.2. The summed E-state index contributed by atoms with van der Waals surface area (Å²) in [5, 5.41) is 38.6. The number of halogens is 3. The molecule has 0 unspecified atom stereocenters. The maximum Gasteiger partial charge on any atom is 0.231 e. The molecule has 0 fully saturated rings. The molecule has 0 bridgehead atoms. The first-order chi connectivity index (χ1) is 9.11. The number of hydrogen-bond acceptors (Lipinski definition) is 5. The van der Waals surface area contributed by atoms with E-state index in [0.29, 0.717) is 27.6 Å². The Hall–Kier alpha value is 0.260. The predicted octanol–water partition coefficient (Wildman–Crippen LogP) is 2.82. The van der Waals surface area contributed by atoms with Crippen LogP contribution in [0.25, 0.3) is 0 Å². The van der Waals surface area contributed by atoms with E-state index in [4.69, 9.17) is 5.11 Å². The highest BCUT2D eigenvalue weighted by atomic mass is 79.9. The fourth-order valence-electron chi connectivity index (χ4n) is 1.72. The van der Waals surface area contributed by atoms with Gasteiger partial charge in [0.1, 0.15) is 11.5 Å². The van der Waals surface area contributed by atoms with Crippen LogP contribution < -0.4 is 4.81 Å². The van der Waals surface area contributed by atoms with E-state index < -0.39 is 4.81 Å². The van der Waals surface area contributed by atoms with E-state index in [0.717, 1.165) is 7.05 Å². The van der Waals surface area contributed by atoms with Gasteiger partial charge in [-0.3, -0.25) is 4.90 Å². The molecule has 0 saturated heterocycles. The lowest BCUT2D eigenvalue weighted by molar-refractivity contribution is -0.273. The third-order valence-corrected chi connectivity index (χ3v) is 5.15. The third kappa shape index (κ3) is 3.92. The van der Waals surface area contributed by atoms with E-state index in [2.05, 4.69) is 47.8 Å². The van der Waals surface area contributed by atoms with Crippen LogP contribution in [-0.4, -0.2) is 52.8 Å². The summed E-state index contributed by atoms with van der Waals surface area (Å²) in [7, 11) is 2.96. The molecular weight excluding hydrogens is 464 g/mol. The Bertz CT molecular complexity index is 506. The number of phenols is 1. The second-order valence-electron chi connectivity index (χ2n) is 4.49. The molecule has 9 heteroatoms. The number of aliphatic hydroxyl groups excluding tert-OH is 1. The van der Waals surface area contributed by atoms with Crippen molar-refractivity contribution < 1.29 is 20.6 Å². The van der Waals surface area contributed by atoms with Gasteiger partial charge in [0, 0.05) is 18.7 Å². The summed E-state index contributed by atoms with van der Waals surface area (Å²) in [5.41, 5.74) is 0.724. The molecule has 6 nitrogen and oxygen atoms in total. The van der Waals surface area contributed by atoms with Gasteiger partial charge in [-0.15, -0.1) is 0 Å². The summed E-state index contributed by atoms with van der Waals surface area (Å²) in [6.07, 6.45) is 0. The quantitative estimate of drug-likeness (QED) is 0.385. The first kappa shape index (κ1) is 18.3. The zero-order valence-corrected chi connectivity index (χ0v) is 15.7. The number of hydroxylamine groups is 2. The van der Waals surface area contributed by atoms with Gasteiger partial charge in [-0.2, -0.15) is 10.4 Å². The van der Waals surface area contributed by atoms with E-state index in [1.54, 1.807) is 7.05 Å². The van der Waals surface area contributed by atoms with Gasteiger partial charge < -0.3 is 10.2 Å². The average molecular weight is 480 g/mol. The summed E-state index contributed by atoms with van der Waals surface area (Å²) in [6, 6.07) is 0. The van der Waals surface area contributed by atoms with Crippen molar-refractivity contribution in [2.75, 3.05) is 27.2 Å². The number of rotatable bonds is 5. The van der Waals surface area contributed by atoms with Gasteiger partial charge in [0.25, 0.3) is 0 Å². The van der Waals surface area contributed by atoms with Crippen molar-refractivity contribution >= 4 is 53.5 Å². The number of benzene rings is 1. The molecule has 114 valence electrons. The molecule has 0 aromatic heterocycles. The number of nitrogens with zero attached hydrogens (tertiary/aromatic N) is 2. The van der Waals surface area contributed by atoms with E-state index >= 15 is 0 Å². The minimum atomic E-state index is -1.43. The highest BCUT2D eigenvalue weighted by Crippen LogP contribution is 2.48. The first-order valence-corrected chi connectivity index (χ1v) is 7.99. The van der Waals surface area contributed by atoms with Crippen LogP contribution in [0.1, 0.15) is 5.56 Å². The summed E-state index contributed by atoms with van der Waals surface area (Å²) in [6.45, 7) is 0.861. The topological polar surface area (TPSA) is 84.2 Å². The highest BCUT2D eigenvalue weighted by Gasteiger charge is 2.33. The zero-order chi connectivity index (χ0) is 15.7. The van der Waals surface area contributed by atoms with Crippen molar-refractivity contribution in [2.45, 2.75) is 6.54 Å². The van der Waals surface area contributed by atoms with E-state index in [-0.39, 0.29) is 22.5 Å². The van der Waals surface area contributed by atoms with Gasteiger partial charge in [-0.05, 0) is 59.6 Å². The number of likely N-dealkylation sites (N-methyl/N-ethyl adjacent to an activating group) is 1. The molecule has 0 aliphatic rings. The smallest absolute Gasteiger partial charge is 0.231 e. The van der Waals surface area contributed by atoms with Gasteiger partial charge in [0.2, 0.25) is 5.69 Å². The summed E-state index contributed by atoms with van der Waals surface area (Å²) in [4.78, 5) is 0.403. The number of phenolic OH excluding ortho intramolecular Hbond substituents is 1. The van der Waals surface area contributed by atoms with Gasteiger partial charge in [0.15, 0.2) is 5.75 Å². The second-order valence-corrected chi connectivity index (χ2v) is 6.87. The molecule has 0 saturated carbocycles. The summed E-state index contributed by atoms with van der Waals surface area (Å²) >= 11 is 9.78. The van der Waals surface area contributed by atoms with Crippen LogP contribution in [0.3, 0.4) is 0 Å².